The molecule has 0 aliphatic carbocycles. The molecule has 0 atom stereocenters. The maximum absolute atomic E-state index is 13.4. The van der Waals surface area contributed by atoms with Crippen LogP contribution in [-0.2, 0) is 16.1 Å². The smallest absolute Gasteiger partial charge is 0.340 e. The van der Waals surface area contributed by atoms with Gasteiger partial charge in [0.15, 0.2) is 6.61 Å². The summed E-state index contributed by atoms with van der Waals surface area (Å²) in [5, 5.41) is 2.56. The van der Waals surface area contributed by atoms with Crippen LogP contribution in [0.3, 0.4) is 0 Å². The molecule has 0 spiro atoms. The molecule has 2 rings (SSSR count). The summed E-state index contributed by atoms with van der Waals surface area (Å²) in [6.07, 6.45) is 0. The Morgan fingerprint density at radius 2 is 2.00 bits per heavy atom. The van der Waals surface area contributed by atoms with E-state index in [1.807, 2.05) is 0 Å². The number of esters is 1. The molecule has 0 heterocycles. The van der Waals surface area contributed by atoms with Gasteiger partial charge in [-0.2, -0.15) is 0 Å². The minimum absolute atomic E-state index is 0.145. The molecule has 2 aromatic rings. The average Bonchev–Trinajstić information content (AvgIpc) is 2.56. The molecule has 0 radical (unpaired) electrons. The minimum Gasteiger partial charge on any atom is -0.452 e. The fourth-order valence-corrected chi connectivity index (χ4v) is 2.27. The van der Waals surface area contributed by atoms with Crippen molar-refractivity contribution >= 4 is 33.5 Å². The van der Waals surface area contributed by atoms with Gasteiger partial charge < -0.3 is 15.8 Å². The highest BCUT2D eigenvalue weighted by molar-refractivity contribution is 9.10. The van der Waals surface area contributed by atoms with Crippen LogP contribution < -0.4 is 11.1 Å². The highest BCUT2D eigenvalue weighted by Gasteiger charge is 2.13. The summed E-state index contributed by atoms with van der Waals surface area (Å²) in [6.45, 7) is 1.36. The fraction of sp³-hybridized carbons (Fsp3) is 0.176. The van der Waals surface area contributed by atoms with E-state index in [0.717, 1.165) is 0 Å². The Morgan fingerprint density at radius 1 is 1.25 bits per heavy atom. The van der Waals surface area contributed by atoms with Gasteiger partial charge >= 0.3 is 5.97 Å². The van der Waals surface area contributed by atoms with Gasteiger partial charge in [-0.3, -0.25) is 4.79 Å². The standard InChI is InChI=1S/C17H16BrFN2O3/c1-10-2-3-11(6-14(10)19)8-21-16(22)9-24-17(23)13-7-12(18)4-5-15(13)20/h2-7H,8-9,20H2,1H3,(H,21,22). The number of carbonyl (C=O) groups is 2. The third kappa shape index (κ3) is 4.79. The summed E-state index contributed by atoms with van der Waals surface area (Å²) in [4.78, 5) is 23.7. The van der Waals surface area contributed by atoms with E-state index in [1.165, 1.54) is 12.1 Å². The molecule has 24 heavy (non-hydrogen) atoms. The number of rotatable bonds is 5. The lowest BCUT2D eigenvalue weighted by Gasteiger charge is -2.09. The zero-order valence-corrected chi connectivity index (χ0v) is 14.5. The van der Waals surface area contributed by atoms with Crippen LogP contribution in [0.5, 0.6) is 0 Å². The zero-order valence-electron chi connectivity index (χ0n) is 12.9. The van der Waals surface area contributed by atoms with Crippen molar-refractivity contribution in [3.05, 3.63) is 63.4 Å². The monoisotopic (exact) mass is 394 g/mol. The van der Waals surface area contributed by atoms with E-state index in [-0.39, 0.29) is 23.6 Å². The van der Waals surface area contributed by atoms with Crippen LogP contribution in [0.1, 0.15) is 21.5 Å². The van der Waals surface area contributed by atoms with Gasteiger partial charge in [0.25, 0.3) is 5.91 Å². The Bertz CT molecular complexity index is 780. The molecule has 0 aliphatic heterocycles. The van der Waals surface area contributed by atoms with Crippen molar-refractivity contribution in [1.82, 2.24) is 5.32 Å². The molecule has 0 fully saturated rings. The van der Waals surface area contributed by atoms with E-state index in [2.05, 4.69) is 21.2 Å². The second-order valence-corrected chi connectivity index (χ2v) is 6.08. The average molecular weight is 395 g/mol. The first-order valence-electron chi connectivity index (χ1n) is 7.10. The number of ether oxygens (including phenoxy) is 1. The first-order chi connectivity index (χ1) is 11.4. The lowest BCUT2D eigenvalue weighted by atomic mass is 10.1. The number of hydrogen-bond donors (Lipinski definition) is 2. The molecule has 0 aliphatic rings. The summed E-state index contributed by atoms with van der Waals surface area (Å²) >= 11 is 3.23. The van der Waals surface area contributed by atoms with E-state index in [1.54, 1.807) is 31.2 Å². The SMILES string of the molecule is Cc1ccc(CNC(=O)COC(=O)c2cc(Br)ccc2N)cc1F. The van der Waals surface area contributed by atoms with Crippen LogP contribution >= 0.6 is 15.9 Å². The Balaban J connectivity index is 1.85. The Morgan fingerprint density at radius 3 is 2.71 bits per heavy atom. The third-order valence-electron chi connectivity index (χ3n) is 3.30. The van der Waals surface area contributed by atoms with Crippen molar-refractivity contribution in [3.8, 4) is 0 Å². The predicted octanol–water partition coefficient (Wildman–Crippen LogP) is 2.95. The molecule has 126 valence electrons. The summed E-state index contributed by atoms with van der Waals surface area (Å²) in [6, 6.07) is 9.47. The number of anilines is 1. The number of nitrogens with one attached hydrogen (secondary N) is 1. The second kappa shape index (κ2) is 7.92. The summed E-state index contributed by atoms with van der Waals surface area (Å²) in [5.74, 6) is -1.51. The maximum atomic E-state index is 13.4. The molecular weight excluding hydrogens is 379 g/mol. The van der Waals surface area contributed by atoms with Gasteiger partial charge in [0, 0.05) is 16.7 Å². The fourth-order valence-electron chi connectivity index (χ4n) is 1.91. The zero-order chi connectivity index (χ0) is 17.7. The number of amides is 1. The van der Waals surface area contributed by atoms with Gasteiger partial charge in [-0.25, -0.2) is 9.18 Å². The number of carbonyl (C=O) groups excluding carboxylic acids is 2. The van der Waals surface area contributed by atoms with Gasteiger partial charge in [0.05, 0.1) is 5.56 Å². The number of hydrogen-bond acceptors (Lipinski definition) is 4. The van der Waals surface area contributed by atoms with Crippen LogP contribution in [0.4, 0.5) is 10.1 Å². The quantitative estimate of drug-likeness (QED) is 0.603. The summed E-state index contributed by atoms with van der Waals surface area (Å²) < 4.78 is 19.0. The van der Waals surface area contributed by atoms with Gasteiger partial charge in [0.2, 0.25) is 0 Å². The molecule has 0 unspecified atom stereocenters. The number of nitrogen functional groups attached to an aromatic ring is 1. The molecule has 7 heteroatoms. The summed E-state index contributed by atoms with van der Waals surface area (Å²) in [5.41, 5.74) is 7.29. The van der Waals surface area contributed by atoms with E-state index < -0.39 is 18.5 Å². The van der Waals surface area contributed by atoms with Crippen molar-refractivity contribution in [2.75, 3.05) is 12.3 Å². The lowest BCUT2D eigenvalue weighted by Crippen LogP contribution is -2.28. The maximum Gasteiger partial charge on any atom is 0.340 e. The van der Waals surface area contributed by atoms with Crippen molar-refractivity contribution in [3.63, 3.8) is 0 Å². The highest BCUT2D eigenvalue weighted by atomic mass is 79.9. The molecule has 5 nitrogen and oxygen atoms in total. The number of aryl methyl sites for hydroxylation is 1. The van der Waals surface area contributed by atoms with Crippen molar-refractivity contribution < 1.29 is 18.7 Å². The normalized spacial score (nSPS) is 10.3. The molecule has 0 saturated heterocycles. The molecule has 2 aromatic carbocycles. The topological polar surface area (TPSA) is 81.4 Å². The molecule has 0 bridgehead atoms. The van der Waals surface area contributed by atoms with Gasteiger partial charge in [0.1, 0.15) is 5.82 Å². The number of halogens is 2. The van der Waals surface area contributed by atoms with Crippen LogP contribution in [-0.4, -0.2) is 18.5 Å². The second-order valence-electron chi connectivity index (χ2n) is 5.17. The van der Waals surface area contributed by atoms with Crippen molar-refractivity contribution in [1.29, 1.82) is 0 Å². The molecular formula is C17H16BrFN2O3. The lowest BCUT2D eigenvalue weighted by molar-refractivity contribution is -0.124. The minimum atomic E-state index is -0.690. The largest absolute Gasteiger partial charge is 0.452 e. The Hall–Kier alpha value is -2.41. The number of benzene rings is 2. The molecule has 0 aromatic heterocycles. The molecule has 0 saturated carbocycles. The third-order valence-corrected chi connectivity index (χ3v) is 3.79. The first-order valence-corrected chi connectivity index (χ1v) is 7.90. The van der Waals surface area contributed by atoms with Crippen LogP contribution in [0.25, 0.3) is 0 Å². The van der Waals surface area contributed by atoms with Crippen molar-refractivity contribution in [2.45, 2.75) is 13.5 Å². The van der Waals surface area contributed by atoms with Gasteiger partial charge in [-0.15, -0.1) is 0 Å². The predicted molar refractivity (Wildman–Crippen MR) is 91.8 cm³/mol. The summed E-state index contributed by atoms with van der Waals surface area (Å²) in [7, 11) is 0. The van der Waals surface area contributed by atoms with Crippen LogP contribution in [0.15, 0.2) is 40.9 Å². The molecule has 1 amide bonds. The van der Waals surface area contributed by atoms with Gasteiger partial charge in [-0.05, 0) is 42.3 Å². The molecule has 3 N–H and O–H groups in total. The highest BCUT2D eigenvalue weighted by Crippen LogP contribution is 2.19. The van der Waals surface area contributed by atoms with Gasteiger partial charge in [-0.1, -0.05) is 28.1 Å². The van der Waals surface area contributed by atoms with E-state index in [0.29, 0.717) is 15.6 Å². The van der Waals surface area contributed by atoms with Crippen LogP contribution in [0.2, 0.25) is 0 Å². The Labute approximate surface area is 147 Å². The van der Waals surface area contributed by atoms with Crippen molar-refractivity contribution in [2.24, 2.45) is 0 Å². The first kappa shape index (κ1) is 17.9. The van der Waals surface area contributed by atoms with E-state index >= 15 is 0 Å². The number of nitrogens with two attached hydrogens (primary N) is 1. The van der Waals surface area contributed by atoms with E-state index in [9.17, 15) is 14.0 Å². The van der Waals surface area contributed by atoms with Crippen LogP contribution in [0, 0.1) is 12.7 Å². The van der Waals surface area contributed by atoms with E-state index in [4.69, 9.17) is 10.5 Å². The Kier molecular flexibility index (Phi) is 5.92.